The Morgan fingerprint density at radius 2 is 2.05 bits per heavy atom. The second kappa shape index (κ2) is 6.45. The minimum Gasteiger partial charge on any atom is -0.378 e. The Bertz CT molecular complexity index is 495. The minimum atomic E-state index is -3.37. The Balaban J connectivity index is 1.79. The van der Waals surface area contributed by atoms with Crippen LogP contribution >= 0.6 is 0 Å². The highest BCUT2D eigenvalue weighted by molar-refractivity contribution is 7.88. The molecule has 0 radical (unpaired) electrons. The molecule has 2 rings (SSSR count). The third kappa shape index (κ3) is 4.89. The molecule has 0 spiro atoms. The van der Waals surface area contributed by atoms with Gasteiger partial charge >= 0.3 is 0 Å². The Morgan fingerprint density at radius 3 is 2.68 bits per heavy atom. The van der Waals surface area contributed by atoms with E-state index in [1.54, 1.807) is 0 Å². The third-order valence-corrected chi connectivity index (χ3v) is 4.44. The van der Waals surface area contributed by atoms with Crippen molar-refractivity contribution in [1.29, 1.82) is 0 Å². The van der Waals surface area contributed by atoms with Gasteiger partial charge in [-0.1, -0.05) is 12.1 Å². The monoisotopic (exact) mass is 287 g/mol. The van der Waals surface area contributed by atoms with Crippen molar-refractivity contribution in [2.24, 2.45) is 0 Å². The van der Waals surface area contributed by atoms with Crippen LogP contribution in [0.5, 0.6) is 0 Å². The van der Waals surface area contributed by atoms with E-state index in [1.807, 2.05) is 0 Å². The Hall–Kier alpha value is -0.980. The van der Waals surface area contributed by atoms with Crippen LogP contribution in [-0.4, -0.2) is 27.7 Å². The molecule has 1 aromatic rings. The summed E-state index contributed by atoms with van der Waals surface area (Å²) >= 11 is 0. The summed E-state index contributed by atoms with van der Waals surface area (Å²) in [6.45, 7) is 1.15. The van der Waals surface area contributed by atoms with Gasteiger partial charge in [-0.25, -0.2) is 17.5 Å². The van der Waals surface area contributed by atoms with Crippen molar-refractivity contribution in [3.05, 3.63) is 35.6 Å². The lowest BCUT2D eigenvalue weighted by Crippen LogP contribution is -2.28. The fraction of sp³-hybridized carbons (Fsp3) is 0.538. The van der Waals surface area contributed by atoms with Gasteiger partial charge in [0.25, 0.3) is 0 Å². The van der Waals surface area contributed by atoms with E-state index in [9.17, 15) is 12.8 Å². The van der Waals surface area contributed by atoms with Crippen LogP contribution in [0.25, 0.3) is 0 Å². The van der Waals surface area contributed by atoms with E-state index >= 15 is 0 Å². The highest BCUT2D eigenvalue weighted by Gasteiger charge is 2.17. The molecule has 1 aromatic carbocycles. The van der Waals surface area contributed by atoms with Crippen LogP contribution in [-0.2, 0) is 20.5 Å². The van der Waals surface area contributed by atoms with Crippen molar-refractivity contribution < 1.29 is 17.5 Å². The van der Waals surface area contributed by atoms with Gasteiger partial charge in [-0.05, 0) is 37.0 Å². The first kappa shape index (κ1) is 14.4. The van der Waals surface area contributed by atoms with E-state index < -0.39 is 10.0 Å². The average molecular weight is 287 g/mol. The maximum absolute atomic E-state index is 12.7. The number of benzene rings is 1. The molecule has 6 heteroatoms. The Labute approximate surface area is 113 Å². The van der Waals surface area contributed by atoms with Crippen LogP contribution in [0.1, 0.15) is 24.8 Å². The number of ether oxygens (including phenoxy) is 1. The maximum atomic E-state index is 12.7. The topological polar surface area (TPSA) is 55.4 Å². The molecule has 106 valence electrons. The van der Waals surface area contributed by atoms with Gasteiger partial charge in [-0.2, -0.15) is 0 Å². The third-order valence-electron chi connectivity index (χ3n) is 3.08. The van der Waals surface area contributed by atoms with Gasteiger partial charge in [-0.15, -0.1) is 0 Å². The van der Waals surface area contributed by atoms with Gasteiger partial charge in [0.2, 0.25) is 10.0 Å². The first-order chi connectivity index (χ1) is 9.05. The van der Waals surface area contributed by atoms with E-state index in [4.69, 9.17) is 4.74 Å². The van der Waals surface area contributed by atoms with Crippen LogP contribution in [0.15, 0.2) is 24.3 Å². The second-order valence-electron chi connectivity index (χ2n) is 4.70. The van der Waals surface area contributed by atoms with E-state index in [1.165, 1.54) is 24.3 Å². The minimum absolute atomic E-state index is 0.126. The van der Waals surface area contributed by atoms with Gasteiger partial charge in [0, 0.05) is 13.2 Å². The highest BCUT2D eigenvalue weighted by atomic mass is 32.2. The normalized spacial score (nSPS) is 19.7. The summed E-state index contributed by atoms with van der Waals surface area (Å²) < 4.78 is 44.3. The quantitative estimate of drug-likeness (QED) is 0.868. The van der Waals surface area contributed by atoms with Gasteiger partial charge in [0.15, 0.2) is 0 Å². The fourth-order valence-electron chi connectivity index (χ4n) is 2.10. The lowest BCUT2D eigenvalue weighted by atomic mass is 10.2. The summed E-state index contributed by atoms with van der Waals surface area (Å²) in [4.78, 5) is 0. The molecule has 0 aliphatic carbocycles. The molecule has 1 fully saturated rings. The lowest BCUT2D eigenvalue weighted by molar-refractivity contribution is 0.105. The molecule has 0 unspecified atom stereocenters. The van der Waals surface area contributed by atoms with Gasteiger partial charge in [-0.3, -0.25) is 0 Å². The number of halogens is 1. The van der Waals surface area contributed by atoms with Crippen molar-refractivity contribution in [1.82, 2.24) is 4.72 Å². The summed E-state index contributed by atoms with van der Waals surface area (Å²) in [5.74, 6) is -0.494. The zero-order valence-electron chi connectivity index (χ0n) is 10.6. The molecule has 0 aromatic heterocycles. The number of sulfonamides is 1. The number of hydrogen-bond acceptors (Lipinski definition) is 3. The standard InChI is InChI=1S/C13H18FNO3S/c14-12-5-3-11(4-6-12)10-19(16,17)15-8-7-13-2-1-9-18-13/h3-6,13,15H,1-2,7-10H2/t13-/m0/s1. The summed E-state index contributed by atoms with van der Waals surface area (Å²) in [5.41, 5.74) is 0.575. The molecule has 4 nitrogen and oxygen atoms in total. The smallest absolute Gasteiger partial charge is 0.215 e. The summed E-state index contributed by atoms with van der Waals surface area (Å²) in [5, 5.41) is 0. The summed E-state index contributed by atoms with van der Waals surface area (Å²) in [7, 11) is -3.37. The molecule has 1 atom stereocenters. The second-order valence-corrected chi connectivity index (χ2v) is 6.51. The predicted octanol–water partition coefficient (Wildman–Crippen LogP) is 1.81. The Kier molecular flexibility index (Phi) is 4.90. The molecular weight excluding hydrogens is 269 g/mol. The first-order valence-electron chi connectivity index (χ1n) is 6.38. The van der Waals surface area contributed by atoms with Crippen LogP contribution in [0.2, 0.25) is 0 Å². The highest BCUT2D eigenvalue weighted by Crippen LogP contribution is 2.14. The molecule has 0 saturated carbocycles. The predicted molar refractivity (Wildman–Crippen MR) is 70.6 cm³/mol. The van der Waals surface area contributed by atoms with Crippen LogP contribution in [0.4, 0.5) is 4.39 Å². The SMILES string of the molecule is O=S(=O)(Cc1ccc(F)cc1)NCC[C@@H]1CCCO1. The van der Waals surface area contributed by atoms with E-state index in [0.29, 0.717) is 18.5 Å². The number of nitrogens with one attached hydrogen (secondary N) is 1. The lowest BCUT2D eigenvalue weighted by Gasteiger charge is -2.10. The maximum Gasteiger partial charge on any atom is 0.215 e. The fourth-order valence-corrected chi connectivity index (χ4v) is 3.26. The molecule has 0 amide bonds. The van der Waals surface area contributed by atoms with Crippen molar-refractivity contribution in [2.75, 3.05) is 13.2 Å². The van der Waals surface area contributed by atoms with Crippen molar-refractivity contribution in [3.8, 4) is 0 Å². The molecule has 1 saturated heterocycles. The molecule has 19 heavy (non-hydrogen) atoms. The van der Waals surface area contributed by atoms with Crippen molar-refractivity contribution >= 4 is 10.0 Å². The van der Waals surface area contributed by atoms with Gasteiger partial charge in [0.1, 0.15) is 5.82 Å². The summed E-state index contributed by atoms with van der Waals surface area (Å²) in [6.07, 6.45) is 2.92. The number of hydrogen-bond donors (Lipinski definition) is 1. The first-order valence-corrected chi connectivity index (χ1v) is 8.04. The zero-order chi connectivity index (χ0) is 13.7. The molecule has 0 bridgehead atoms. The molecule has 1 aliphatic rings. The average Bonchev–Trinajstić information content (AvgIpc) is 2.85. The van der Waals surface area contributed by atoms with Gasteiger partial charge < -0.3 is 4.74 Å². The molecule has 1 aliphatic heterocycles. The van der Waals surface area contributed by atoms with E-state index in [2.05, 4.69) is 4.72 Å². The van der Waals surface area contributed by atoms with Crippen LogP contribution < -0.4 is 4.72 Å². The number of rotatable bonds is 6. The van der Waals surface area contributed by atoms with Crippen molar-refractivity contribution in [3.63, 3.8) is 0 Å². The zero-order valence-corrected chi connectivity index (χ0v) is 11.5. The van der Waals surface area contributed by atoms with Crippen molar-refractivity contribution in [2.45, 2.75) is 31.1 Å². The van der Waals surface area contributed by atoms with Crippen LogP contribution in [0.3, 0.4) is 0 Å². The Morgan fingerprint density at radius 1 is 1.32 bits per heavy atom. The van der Waals surface area contributed by atoms with Crippen LogP contribution in [0, 0.1) is 5.82 Å². The largest absolute Gasteiger partial charge is 0.378 e. The van der Waals surface area contributed by atoms with Gasteiger partial charge in [0.05, 0.1) is 11.9 Å². The van der Waals surface area contributed by atoms with E-state index in [-0.39, 0.29) is 17.7 Å². The molecule has 1 heterocycles. The molecule has 1 N–H and O–H groups in total. The summed E-state index contributed by atoms with van der Waals surface area (Å²) in [6, 6.07) is 5.48. The van der Waals surface area contributed by atoms with E-state index in [0.717, 1.165) is 19.4 Å². The molecular formula is C13H18FNO3S.